The fourth-order valence-electron chi connectivity index (χ4n) is 3.02. The van der Waals surface area contributed by atoms with E-state index in [1.54, 1.807) is 14.7 Å². The second-order valence-corrected chi connectivity index (χ2v) is 10.7. The minimum atomic E-state index is -4.22. The van der Waals surface area contributed by atoms with E-state index in [9.17, 15) is 28.8 Å². The third-order valence-corrected chi connectivity index (χ3v) is 6.29. The maximum Gasteiger partial charge on any atom is 0.326 e. The van der Waals surface area contributed by atoms with E-state index in [2.05, 4.69) is 15.0 Å². The van der Waals surface area contributed by atoms with E-state index in [4.69, 9.17) is 9.79 Å². The molecule has 0 aromatic carbocycles. The molecule has 16 heteroatoms. The zero-order valence-electron chi connectivity index (χ0n) is 16.8. The number of nitrogens with zero attached hydrogens (tertiary/aromatic N) is 6. The molecule has 2 aliphatic heterocycles. The van der Waals surface area contributed by atoms with Gasteiger partial charge in [0, 0.05) is 45.8 Å². The summed E-state index contributed by atoms with van der Waals surface area (Å²) < 4.78 is 22.4. The van der Waals surface area contributed by atoms with Crippen molar-refractivity contribution < 1.29 is 38.6 Å². The van der Waals surface area contributed by atoms with Crippen LogP contribution in [0.1, 0.15) is 0 Å². The lowest BCUT2D eigenvalue weighted by Gasteiger charge is -2.29. The SMILES string of the molecule is O=C1N=CN=C2C1N=CN2CCN(CCN(CCO)CCP(=O)(O)O)CCP(=O)(O)O. The van der Waals surface area contributed by atoms with Crippen LogP contribution in [0.2, 0.25) is 0 Å². The Morgan fingerprint density at radius 1 is 0.935 bits per heavy atom. The lowest BCUT2D eigenvalue weighted by Crippen LogP contribution is -2.44. The van der Waals surface area contributed by atoms with Gasteiger partial charge in [0.05, 0.1) is 25.3 Å². The minimum absolute atomic E-state index is 0.0793. The first-order valence-electron chi connectivity index (χ1n) is 9.57. The smallest absolute Gasteiger partial charge is 0.326 e. The van der Waals surface area contributed by atoms with Crippen LogP contribution in [0.25, 0.3) is 0 Å². The van der Waals surface area contributed by atoms with Gasteiger partial charge in [-0.3, -0.25) is 28.7 Å². The van der Waals surface area contributed by atoms with Gasteiger partial charge in [-0.15, -0.1) is 0 Å². The van der Waals surface area contributed by atoms with Gasteiger partial charge in [-0.25, -0.2) is 4.99 Å². The topological polar surface area (TPSA) is 199 Å². The number of hydrogen-bond acceptors (Lipinski definition) is 9. The van der Waals surface area contributed by atoms with Crippen LogP contribution in [-0.2, 0) is 13.9 Å². The van der Waals surface area contributed by atoms with Gasteiger partial charge >= 0.3 is 15.2 Å². The van der Waals surface area contributed by atoms with Crippen molar-refractivity contribution in [3.05, 3.63) is 0 Å². The van der Waals surface area contributed by atoms with Gasteiger partial charge in [0.25, 0.3) is 5.91 Å². The number of amides is 1. The van der Waals surface area contributed by atoms with Crippen LogP contribution in [0, 0.1) is 0 Å². The Hall–Kier alpha value is -1.34. The summed E-state index contributed by atoms with van der Waals surface area (Å²) in [4.78, 5) is 65.2. The summed E-state index contributed by atoms with van der Waals surface area (Å²) in [5.41, 5.74) is 0. The van der Waals surface area contributed by atoms with E-state index in [-0.39, 0.29) is 38.6 Å². The van der Waals surface area contributed by atoms with Gasteiger partial charge in [-0.2, -0.15) is 4.99 Å². The molecule has 1 amide bonds. The van der Waals surface area contributed by atoms with Crippen molar-refractivity contribution in [3.8, 4) is 0 Å². The molecule has 0 bridgehead atoms. The average Bonchev–Trinajstić information content (AvgIpc) is 3.08. The van der Waals surface area contributed by atoms with Crippen LogP contribution in [0.15, 0.2) is 15.0 Å². The minimum Gasteiger partial charge on any atom is -0.395 e. The zero-order chi connectivity index (χ0) is 23.1. The fraction of sp³-hybridized carbons (Fsp3) is 0.733. The van der Waals surface area contributed by atoms with Gasteiger partial charge in [-0.1, -0.05) is 0 Å². The van der Waals surface area contributed by atoms with E-state index in [0.717, 1.165) is 6.34 Å². The first-order chi connectivity index (χ1) is 14.5. The van der Waals surface area contributed by atoms with Gasteiger partial charge < -0.3 is 29.6 Å². The van der Waals surface area contributed by atoms with E-state index in [1.807, 2.05) is 0 Å². The highest BCUT2D eigenvalue weighted by Gasteiger charge is 2.33. The molecule has 0 aliphatic carbocycles. The summed E-state index contributed by atoms with van der Waals surface area (Å²) in [6, 6.07) is -0.763. The molecular formula is C15H28N6O8P2. The van der Waals surface area contributed by atoms with E-state index >= 15 is 0 Å². The maximum absolute atomic E-state index is 11.7. The summed E-state index contributed by atoms with van der Waals surface area (Å²) >= 11 is 0. The molecule has 0 radical (unpaired) electrons. The van der Waals surface area contributed by atoms with Crippen molar-refractivity contribution in [1.82, 2.24) is 14.7 Å². The van der Waals surface area contributed by atoms with Crippen molar-refractivity contribution >= 4 is 39.6 Å². The van der Waals surface area contributed by atoms with Crippen LogP contribution >= 0.6 is 15.2 Å². The Morgan fingerprint density at radius 2 is 1.52 bits per heavy atom. The van der Waals surface area contributed by atoms with E-state index < -0.39 is 27.1 Å². The molecule has 31 heavy (non-hydrogen) atoms. The fourth-order valence-corrected chi connectivity index (χ4v) is 4.11. The number of fused-ring (bicyclic) bond motifs is 1. The van der Waals surface area contributed by atoms with E-state index in [1.165, 1.54) is 6.34 Å². The van der Waals surface area contributed by atoms with E-state index in [0.29, 0.717) is 32.0 Å². The number of aliphatic imine (C=N–C) groups is 3. The Morgan fingerprint density at radius 3 is 2.06 bits per heavy atom. The lowest BCUT2D eigenvalue weighted by atomic mass is 10.2. The highest BCUT2D eigenvalue weighted by atomic mass is 31.2. The van der Waals surface area contributed by atoms with Crippen molar-refractivity contribution in [3.63, 3.8) is 0 Å². The monoisotopic (exact) mass is 482 g/mol. The molecule has 2 heterocycles. The Kier molecular flexibility index (Phi) is 9.62. The third kappa shape index (κ3) is 9.36. The standard InChI is InChI=1S/C15H28N6O8P2/c22-8-5-20(7-10-31(27,28)29)2-1-19(6-9-30(24,25)26)3-4-21-12-18-13-14(21)16-11-17-15(13)23/h11-13,22H,1-10H2,(H2,24,25,26)(H2,27,28,29). The van der Waals surface area contributed by atoms with Crippen LogP contribution in [-0.4, -0.2) is 135 Å². The molecule has 5 N–H and O–H groups in total. The van der Waals surface area contributed by atoms with Crippen LogP contribution in [0.3, 0.4) is 0 Å². The Labute approximate surface area is 179 Å². The second-order valence-electron chi connectivity index (χ2n) is 7.11. The normalized spacial score (nSPS) is 18.9. The molecule has 14 nitrogen and oxygen atoms in total. The molecule has 2 rings (SSSR count). The van der Waals surface area contributed by atoms with Crippen molar-refractivity contribution in [1.29, 1.82) is 0 Å². The summed E-state index contributed by atoms with van der Waals surface area (Å²) in [6.07, 6.45) is 1.94. The first-order valence-corrected chi connectivity index (χ1v) is 13.2. The predicted octanol–water partition coefficient (Wildman–Crippen LogP) is -2.38. The van der Waals surface area contributed by atoms with Crippen molar-refractivity contribution in [2.45, 2.75) is 6.04 Å². The number of carbonyl (C=O) groups is 1. The molecule has 0 fully saturated rings. The highest BCUT2D eigenvalue weighted by Crippen LogP contribution is 2.34. The largest absolute Gasteiger partial charge is 0.395 e. The summed E-state index contributed by atoms with van der Waals surface area (Å²) in [6.45, 7) is 1.62. The maximum atomic E-state index is 11.7. The highest BCUT2D eigenvalue weighted by molar-refractivity contribution is 7.52. The average molecular weight is 482 g/mol. The van der Waals surface area contributed by atoms with Gasteiger partial charge in [0.1, 0.15) is 12.2 Å². The first kappa shape index (κ1) is 25.9. The van der Waals surface area contributed by atoms with Crippen molar-refractivity contribution in [2.24, 2.45) is 15.0 Å². The number of amidine groups is 1. The quantitative estimate of drug-likeness (QED) is 0.166. The predicted molar refractivity (Wildman–Crippen MR) is 114 cm³/mol. The molecule has 0 spiro atoms. The van der Waals surface area contributed by atoms with Gasteiger partial charge in [0.2, 0.25) is 0 Å². The van der Waals surface area contributed by atoms with Crippen LogP contribution < -0.4 is 0 Å². The number of hydrogen-bond donors (Lipinski definition) is 5. The molecule has 0 aromatic rings. The molecule has 1 atom stereocenters. The van der Waals surface area contributed by atoms with Gasteiger partial charge in [0.15, 0.2) is 6.04 Å². The molecule has 2 aliphatic rings. The van der Waals surface area contributed by atoms with Gasteiger partial charge in [-0.05, 0) is 0 Å². The zero-order valence-corrected chi connectivity index (χ0v) is 18.6. The lowest BCUT2D eigenvalue weighted by molar-refractivity contribution is -0.117. The van der Waals surface area contributed by atoms with Crippen molar-refractivity contribution in [2.75, 3.05) is 64.7 Å². The third-order valence-electron chi connectivity index (χ3n) is 4.72. The molecular weight excluding hydrogens is 454 g/mol. The summed E-state index contributed by atoms with van der Waals surface area (Å²) in [5.74, 6) is 0.0327. The molecule has 176 valence electrons. The number of rotatable bonds is 14. The molecule has 0 saturated carbocycles. The number of aliphatic hydroxyl groups is 1. The Balaban J connectivity index is 1.94. The van der Waals surface area contributed by atoms with Crippen LogP contribution in [0.5, 0.6) is 0 Å². The number of aliphatic hydroxyl groups excluding tert-OH is 1. The molecule has 0 saturated heterocycles. The Bertz CT molecular complexity index is 809. The summed E-state index contributed by atoms with van der Waals surface area (Å²) in [5, 5.41) is 9.19. The summed E-state index contributed by atoms with van der Waals surface area (Å²) in [7, 11) is -8.40. The molecule has 1 unspecified atom stereocenters. The molecule has 0 aromatic heterocycles. The second kappa shape index (κ2) is 11.5. The number of carbonyl (C=O) groups excluding carboxylic acids is 1. The van der Waals surface area contributed by atoms with Crippen LogP contribution in [0.4, 0.5) is 0 Å².